The number of rotatable bonds is 7. The lowest BCUT2D eigenvalue weighted by atomic mass is 10.1. The Bertz CT molecular complexity index is 1160. The third-order valence-corrected chi connectivity index (χ3v) is 5.91. The van der Waals surface area contributed by atoms with Gasteiger partial charge in [0.05, 0.1) is 24.8 Å². The first-order valence-electron chi connectivity index (χ1n) is 9.80. The number of benzene rings is 3. The molecule has 152 valence electrons. The molecule has 0 spiro atoms. The van der Waals surface area contributed by atoms with Gasteiger partial charge < -0.3 is 14.6 Å². The number of carbonyl (C=O) groups excluding carboxylic acids is 1. The highest BCUT2D eigenvalue weighted by Crippen LogP contribution is 2.28. The molecule has 30 heavy (non-hydrogen) atoms. The van der Waals surface area contributed by atoms with Crippen LogP contribution in [-0.4, -0.2) is 28.3 Å². The van der Waals surface area contributed by atoms with Crippen molar-refractivity contribution in [3.8, 4) is 17.0 Å². The maximum atomic E-state index is 12.6. The molecule has 6 heteroatoms. The summed E-state index contributed by atoms with van der Waals surface area (Å²) in [5.74, 6) is 1.07. The smallest absolute Gasteiger partial charge is 0.234 e. The van der Waals surface area contributed by atoms with Gasteiger partial charge in [-0.15, -0.1) is 0 Å². The molecule has 1 aromatic heterocycles. The summed E-state index contributed by atoms with van der Waals surface area (Å²) in [4.78, 5) is 17.1. The maximum Gasteiger partial charge on any atom is 0.234 e. The van der Waals surface area contributed by atoms with Crippen LogP contribution < -0.4 is 10.1 Å². The van der Waals surface area contributed by atoms with Crippen LogP contribution >= 0.6 is 11.8 Å². The second-order valence-electron chi connectivity index (χ2n) is 6.76. The van der Waals surface area contributed by atoms with Crippen LogP contribution in [0.3, 0.4) is 0 Å². The molecule has 5 nitrogen and oxygen atoms in total. The van der Waals surface area contributed by atoms with E-state index in [2.05, 4.69) is 21.8 Å². The van der Waals surface area contributed by atoms with Gasteiger partial charge in [0.2, 0.25) is 5.91 Å². The van der Waals surface area contributed by atoms with Crippen LogP contribution in [0.1, 0.15) is 6.92 Å². The fraction of sp³-hybridized carbons (Fsp3) is 0.167. The Morgan fingerprint density at radius 3 is 2.60 bits per heavy atom. The number of hydrogen-bond acceptors (Lipinski definition) is 4. The number of carbonyl (C=O) groups is 1. The van der Waals surface area contributed by atoms with E-state index in [-0.39, 0.29) is 5.91 Å². The zero-order chi connectivity index (χ0) is 20.9. The zero-order valence-electron chi connectivity index (χ0n) is 17.0. The minimum atomic E-state index is -0.0481. The SMILES string of the molecule is CCn1c(-c2ccc(OC)cc2)cnc1SCC(=O)Nc1cccc2ccccc12. The summed E-state index contributed by atoms with van der Waals surface area (Å²) in [7, 11) is 1.66. The molecule has 0 aliphatic rings. The van der Waals surface area contributed by atoms with E-state index in [1.165, 1.54) is 11.8 Å². The summed E-state index contributed by atoms with van der Waals surface area (Å²) >= 11 is 1.44. The van der Waals surface area contributed by atoms with Crippen molar-refractivity contribution < 1.29 is 9.53 Å². The number of thioether (sulfide) groups is 1. The summed E-state index contributed by atoms with van der Waals surface area (Å²) < 4.78 is 7.36. The average molecular weight is 418 g/mol. The number of imidazole rings is 1. The molecule has 0 radical (unpaired) electrons. The van der Waals surface area contributed by atoms with E-state index >= 15 is 0 Å². The predicted octanol–water partition coefficient (Wildman–Crippen LogP) is 5.46. The Kier molecular flexibility index (Phi) is 6.05. The van der Waals surface area contributed by atoms with Crippen molar-refractivity contribution in [2.75, 3.05) is 18.2 Å². The number of anilines is 1. The lowest BCUT2D eigenvalue weighted by Gasteiger charge is -2.11. The molecule has 0 aliphatic carbocycles. The van der Waals surface area contributed by atoms with E-state index in [9.17, 15) is 4.79 Å². The summed E-state index contributed by atoms with van der Waals surface area (Å²) in [5.41, 5.74) is 2.92. The van der Waals surface area contributed by atoms with Gasteiger partial charge in [-0.3, -0.25) is 4.79 Å². The van der Waals surface area contributed by atoms with Crippen molar-refractivity contribution in [2.45, 2.75) is 18.6 Å². The van der Waals surface area contributed by atoms with Gasteiger partial charge in [0.25, 0.3) is 0 Å². The summed E-state index contributed by atoms with van der Waals surface area (Å²) in [6.07, 6.45) is 1.86. The fourth-order valence-electron chi connectivity index (χ4n) is 3.42. The van der Waals surface area contributed by atoms with Gasteiger partial charge in [-0.1, -0.05) is 48.2 Å². The maximum absolute atomic E-state index is 12.6. The molecule has 0 saturated carbocycles. The third-order valence-electron chi connectivity index (χ3n) is 4.92. The van der Waals surface area contributed by atoms with E-state index in [0.29, 0.717) is 5.75 Å². The van der Waals surface area contributed by atoms with Crippen LogP contribution in [0.5, 0.6) is 5.75 Å². The predicted molar refractivity (Wildman–Crippen MR) is 123 cm³/mol. The summed E-state index contributed by atoms with van der Waals surface area (Å²) in [6.45, 7) is 2.85. The first kappa shape index (κ1) is 20.0. The molecule has 0 atom stereocenters. The number of nitrogens with one attached hydrogen (secondary N) is 1. The number of methoxy groups -OCH3 is 1. The zero-order valence-corrected chi connectivity index (χ0v) is 17.8. The largest absolute Gasteiger partial charge is 0.497 e. The van der Waals surface area contributed by atoms with Gasteiger partial charge in [-0.05, 0) is 42.6 Å². The van der Waals surface area contributed by atoms with Crippen LogP contribution in [0.4, 0.5) is 5.69 Å². The summed E-state index contributed by atoms with van der Waals surface area (Å²) in [5, 5.41) is 6.01. The molecule has 0 aliphatic heterocycles. The lowest BCUT2D eigenvalue weighted by Crippen LogP contribution is -2.15. The van der Waals surface area contributed by atoms with E-state index in [4.69, 9.17) is 4.74 Å². The van der Waals surface area contributed by atoms with Crippen LogP contribution in [0.25, 0.3) is 22.0 Å². The number of hydrogen-bond donors (Lipinski definition) is 1. The van der Waals surface area contributed by atoms with Crippen molar-refractivity contribution >= 4 is 34.1 Å². The Morgan fingerprint density at radius 2 is 1.83 bits per heavy atom. The van der Waals surface area contributed by atoms with E-state index in [1.54, 1.807) is 7.11 Å². The first-order chi connectivity index (χ1) is 14.7. The van der Waals surface area contributed by atoms with Crippen LogP contribution in [0.2, 0.25) is 0 Å². The molecule has 1 N–H and O–H groups in total. The molecular weight excluding hydrogens is 394 g/mol. The minimum Gasteiger partial charge on any atom is -0.497 e. The lowest BCUT2D eigenvalue weighted by molar-refractivity contribution is -0.113. The average Bonchev–Trinajstić information content (AvgIpc) is 3.21. The molecule has 1 amide bonds. The molecule has 4 aromatic rings. The number of aromatic nitrogens is 2. The van der Waals surface area contributed by atoms with E-state index in [1.807, 2.05) is 72.9 Å². The van der Waals surface area contributed by atoms with Gasteiger partial charge in [-0.25, -0.2) is 4.98 Å². The van der Waals surface area contributed by atoms with Gasteiger partial charge >= 0.3 is 0 Å². The van der Waals surface area contributed by atoms with E-state index < -0.39 is 0 Å². The summed E-state index contributed by atoms with van der Waals surface area (Å²) in [6, 6.07) is 21.9. The van der Waals surface area contributed by atoms with Crippen molar-refractivity contribution in [3.63, 3.8) is 0 Å². The topological polar surface area (TPSA) is 56.2 Å². The van der Waals surface area contributed by atoms with Crippen LogP contribution in [0.15, 0.2) is 78.1 Å². The molecule has 4 rings (SSSR count). The quantitative estimate of drug-likeness (QED) is 0.406. The van der Waals surface area contributed by atoms with Gasteiger partial charge in [0, 0.05) is 23.2 Å². The van der Waals surface area contributed by atoms with Crippen molar-refractivity contribution in [2.24, 2.45) is 0 Å². The molecule has 0 fully saturated rings. The number of fused-ring (bicyclic) bond motifs is 1. The molecule has 0 unspecified atom stereocenters. The van der Waals surface area contributed by atoms with Gasteiger partial charge in [0.1, 0.15) is 5.75 Å². The van der Waals surface area contributed by atoms with Gasteiger partial charge in [-0.2, -0.15) is 0 Å². The minimum absolute atomic E-state index is 0.0481. The Balaban J connectivity index is 1.47. The van der Waals surface area contributed by atoms with Crippen LogP contribution in [0, 0.1) is 0 Å². The highest BCUT2D eigenvalue weighted by molar-refractivity contribution is 7.99. The number of ether oxygens (including phenoxy) is 1. The fourth-order valence-corrected chi connectivity index (χ4v) is 4.27. The Labute approximate surface area is 180 Å². The standard InChI is InChI=1S/C24H23N3O2S/c1-3-27-22(18-11-13-19(29-2)14-12-18)15-25-24(27)30-16-23(28)26-21-10-6-8-17-7-4-5-9-20(17)21/h4-15H,3,16H2,1-2H3,(H,26,28). The van der Waals surface area contributed by atoms with Crippen molar-refractivity contribution in [1.82, 2.24) is 9.55 Å². The second kappa shape index (κ2) is 9.05. The van der Waals surface area contributed by atoms with Crippen molar-refractivity contribution in [3.05, 3.63) is 72.9 Å². The molecule has 1 heterocycles. The monoisotopic (exact) mass is 417 g/mol. The number of amides is 1. The van der Waals surface area contributed by atoms with Gasteiger partial charge in [0.15, 0.2) is 5.16 Å². The number of nitrogens with zero attached hydrogens (tertiary/aromatic N) is 2. The second-order valence-corrected chi connectivity index (χ2v) is 7.70. The Hall–Kier alpha value is -3.25. The molecular formula is C24H23N3O2S. The highest BCUT2D eigenvalue weighted by atomic mass is 32.2. The third kappa shape index (κ3) is 4.19. The van der Waals surface area contributed by atoms with Crippen LogP contribution in [-0.2, 0) is 11.3 Å². The molecule has 3 aromatic carbocycles. The van der Waals surface area contributed by atoms with E-state index in [0.717, 1.165) is 45.2 Å². The normalized spacial score (nSPS) is 10.9. The first-order valence-corrected chi connectivity index (χ1v) is 10.8. The Morgan fingerprint density at radius 1 is 1.07 bits per heavy atom. The highest BCUT2D eigenvalue weighted by Gasteiger charge is 2.13. The molecule has 0 saturated heterocycles. The molecule has 0 bridgehead atoms. The van der Waals surface area contributed by atoms with Crippen molar-refractivity contribution in [1.29, 1.82) is 0 Å².